The third-order valence-corrected chi connectivity index (χ3v) is 7.20. The Balaban J connectivity index is 1.38. The van der Waals surface area contributed by atoms with E-state index in [2.05, 4.69) is 76.3 Å². The van der Waals surface area contributed by atoms with Crippen LogP contribution in [0.15, 0.2) is 72.8 Å². The first kappa shape index (κ1) is 15.7. The van der Waals surface area contributed by atoms with Gasteiger partial charge in [0.1, 0.15) is 6.17 Å². The number of hydrogen-bond acceptors (Lipinski definition) is 3. The minimum absolute atomic E-state index is 0.112. The maximum absolute atomic E-state index is 13.3. The van der Waals surface area contributed by atoms with Crippen LogP contribution < -0.4 is 10.6 Å². The van der Waals surface area contributed by atoms with Crippen molar-refractivity contribution in [3.63, 3.8) is 0 Å². The number of H-pyrrole nitrogens is 1. The number of hydrogen-bond donors (Lipinski definition) is 3. The van der Waals surface area contributed by atoms with Crippen LogP contribution in [0, 0.1) is 0 Å². The smallest absolute Gasteiger partial charge is 0.194 e. The van der Waals surface area contributed by atoms with Gasteiger partial charge >= 0.3 is 0 Å². The van der Waals surface area contributed by atoms with Gasteiger partial charge in [-0.15, -0.1) is 0 Å². The Morgan fingerprint density at radius 1 is 0.613 bits per heavy atom. The number of anilines is 2. The molecule has 2 atom stereocenters. The molecule has 5 aromatic rings. The average molecular weight is 399 g/mol. The Morgan fingerprint density at radius 3 is 2.35 bits per heavy atom. The SMILES string of the molecule is O=C1c2cc3c(cc2-c2cc4c(cc21)[nH]c1ccccc14)C1c2ccccc2NC1N3. The fraction of sp³-hybridized carbons (Fsp3) is 0.0741. The molecular weight excluding hydrogens is 382 g/mol. The summed E-state index contributed by atoms with van der Waals surface area (Å²) in [7, 11) is 0. The van der Waals surface area contributed by atoms with Gasteiger partial charge in [-0.1, -0.05) is 36.4 Å². The highest BCUT2D eigenvalue weighted by atomic mass is 16.1. The number of nitrogens with one attached hydrogen (secondary N) is 3. The van der Waals surface area contributed by atoms with E-state index in [1.54, 1.807) is 0 Å². The number of para-hydroxylation sites is 2. The molecule has 0 radical (unpaired) electrons. The molecule has 0 saturated carbocycles. The molecule has 3 aliphatic rings. The summed E-state index contributed by atoms with van der Waals surface area (Å²) in [5.74, 6) is 0.369. The Hall–Kier alpha value is -4.05. The highest BCUT2D eigenvalue weighted by Crippen LogP contribution is 2.51. The molecule has 0 amide bonds. The van der Waals surface area contributed by atoms with Gasteiger partial charge in [-0.2, -0.15) is 0 Å². The fourth-order valence-electron chi connectivity index (χ4n) is 5.83. The molecule has 4 nitrogen and oxygen atoms in total. The van der Waals surface area contributed by atoms with E-state index in [0.29, 0.717) is 0 Å². The van der Waals surface area contributed by atoms with E-state index in [1.165, 1.54) is 27.6 Å². The van der Waals surface area contributed by atoms with Gasteiger partial charge in [0.2, 0.25) is 0 Å². The van der Waals surface area contributed by atoms with E-state index < -0.39 is 0 Å². The Labute approximate surface area is 177 Å². The monoisotopic (exact) mass is 399 g/mol. The molecule has 146 valence electrons. The molecule has 0 fully saturated rings. The zero-order valence-electron chi connectivity index (χ0n) is 16.5. The van der Waals surface area contributed by atoms with Crippen molar-refractivity contribution in [3.8, 4) is 11.1 Å². The summed E-state index contributed by atoms with van der Waals surface area (Å²) in [6.45, 7) is 0. The maximum Gasteiger partial charge on any atom is 0.194 e. The molecule has 3 N–H and O–H groups in total. The topological polar surface area (TPSA) is 56.9 Å². The summed E-state index contributed by atoms with van der Waals surface area (Å²) in [6.07, 6.45) is 0.139. The van der Waals surface area contributed by atoms with Crippen molar-refractivity contribution in [3.05, 3.63) is 95.1 Å². The van der Waals surface area contributed by atoms with E-state index >= 15 is 0 Å². The number of ketones is 1. The van der Waals surface area contributed by atoms with E-state index in [9.17, 15) is 4.79 Å². The van der Waals surface area contributed by atoms with Gasteiger partial charge < -0.3 is 15.6 Å². The fourth-order valence-corrected chi connectivity index (χ4v) is 5.83. The summed E-state index contributed by atoms with van der Waals surface area (Å²) in [5, 5.41) is 9.55. The van der Waals surface area contributed by atoms with Crippen LogP contribution in [0.5, 0.6) is 0 Å². The average Bonchev–Trinajstić information content (AvgIpc) is 3.50. The van der Waals surface area contributed by atoms with E-state index in [1.807, 2.05) is 12.1 Å². The molecule has 1 aliphatic carbocycles. The van der Waals surface area contributed by atoms with Gasteiger partial charge in [0.25, 0.3) is 0 Å². The van der Waals surface area contributed by atoms with Crippen LogP contribution in [-0.4, -0.2) is 16.9 Å². The van der Waals surface area contributed by atoms with Crippen LogP contribution in [0.3, 0.4) is 0 Å². The third kappa shape index (κ3) is 1.84. The molecule has 4 aromatic carbocycles. The van der Waals surface area contributed by atoms with Gasteiger partial charge in [0.05, 0.1) is 5.92 Å². The molecule has 4 heteroatoms. The predicted molar refractivity (Wildman–Crippen MR) is 124 cm³/mol. The molecule has 2 unspecified atom stereocenters. The lowest BCUT2D eigenvalue weighted by molar-refractivity contribution is 0.104. The molecule has 31 heavy (non-hydrogen) atoms. The number of carbonyl (C=O) groups is 1. The molecular formula is C27H17N3O. The summed E-state index contributed by atoms with van der Waals surface area (Å²) in [6, 6.07) is 25.3. The second-order valence-corrected chi connectivity index (χ2v) is 8.76. The van der Waals surface area contributed by atoms with E-state index in [0.717, 1.165) is 39.0 Å². The lowest BCUT2D eigenvalue weighted by Crippen LogP contribution is -2.23. The second-order valence-electron chi connectivity index (χ2n) is 8.76. The van der Waals surface area contributed by atoms with Gasteiger partial charge in [-0.05, 0) is 58.7 Å². The van der Waals surface area contributed by atoms with Gasteiger partial charge in [0.15, 0.2) is 5.78 Å². The first-order valence-corrected chi connectivity index (χ1v) is 10.7. The van der Waals surface area contributed by atoms with Crippen LogP contribution in [0.25, 0.3) is 32.9 Å². The molecule has 1 aromatic heterocycles. The number of benzene rings is 4. The molecule has 0 bridgehead atoms. The first-order valence-electron chi connectivity index (χ1n) is 10.7. The zero-order valence-corrected chi connectivity index (χ0v) is 16.5. The van der Waals surface area contributed by atoms with E-state index in [-0.39, 0.29) is 17.9 Å². The van der Waals surface area contributed by atoms with Gasteiger partial charge in [-0.3, -0.25) is 4.79 Å². The van der Waals surface area contributed by atoms with Crippen LogP contribution in [0.2, 0.25) is 0 Å². The second kappa shape index (κ2) is 5.16. The highest BCUT2D eigenvalue weighted by molar-refractivity contribution is 6.25. The standard InChI is InChI=1S/C27H17N3O/c31-26-18-11-23-17(13-5-1-3-7-21(13)28-23)9-15(18)16-10-20-24(12-19(16)26)30-27-25(20)14-6-2-4-8-22(14)29-27/h1-12,25,27-30H. The van der Waals surface area contributed by atoms with Gasteiger partial charge in [-0.25, -0.2) is 0 Å². The van der Waals surface area contributed by atoms with Gasteiger partial charge in [0, 0.05) is 44.3 Å². The lowest BCUT2D eigenvalue weighted by Gasteiger charge is -2.11. The quantitative estimate of drug-likeness (QED) is 0.301. The number of carbonyl (C=O) groups excluding carboxylic acids is 1. The van der Waals surface area contributed by atoms with E-state index in [4.69, 9.17) is 0 Å². The summed E-state index contributed by atoms with van der Waals surface area (Å²) in [5.41, 5.74) is 10.6. The first-order chi connectivity index (χ1) is 15.3. The largest absolute Gasteiger partial charge is 0.364 e. The third-order valence-electron chi connectivity index (χ3n) is 7.20. The summed E-state index contributed by atoms with van der Waals surface area (Å²) < 4.78 is 0. The number of fused-ring (bicyclic) bond motifs is 11. The number of aromatic nitrogens is 1. The number of rotatable bonds is 0. The molecule has 3 heterocycles. The van der Waals surface area contributed by atoms with Crippen molar-refractivity contribution in [2.24, 2.45) is 0 Å². The maximum atomic E-state index is 13.3. The van der Waals surface area contributed by atoms with Crippen molar-refractivity contribution >= 4 is 39.0 Å². The molecule has 0 spiro atoms. The molecule has 2 aliphatic heterocycles. The normalized spacial score (nSPS) is 19.5. The summed E-state index contributed by atoms with van der Waals surface area (Å²) >= 11 is 0. The van der Waals surface area contributed by atoms with Crippen LogP contribution in [0.4, 0.5) is 11.4 Å². The van der Waals surface area contributed by atoms with Crippen molar-refractivity contribution in [1.82, 2.24) is 4.98 Å². The number of aromatic amines is 1. The lowest BCUT2D eigenvalue weighted by atomic mass is 9.90. The molecule has 8 rings (SSSR count). The van der Waals surface area contributed by atoms with Crippen molar-refractivity contribution in [2.75, 3.05) is 10.6 Å². The predicted octanol–water partition coefficient (Wildman–Crippen LogP) is 5.84. The van der Waals surface area contributed by atoms with Crippen LogP contribution >= 0.6 is 0 Å². The Bertz CT molecular complexity index is 1630. The van der Waals surface area contributed by atoms with Crippen molar-refractivity contribution in [2.45, 2.75) is 12.1 Å². The summed E-state index contributed by atoms with van der Waals surface area (Å²) in [4.78, 5) is 16.8. The van der Waals surface area contributed by atoms with Crippen molar-refractivity contribution in [1.29, 1.82) is 0 Å². The Morgan fingerprint density at radius 2 is 1.39 bits per heavy atom. The highest BCUT2D eigenvalue weighted by Gasteiger charge is 2.41. The Kier molecular flexibility index (Phi) is 2.62. The van der Waals surface area contributed by atoms with Crippen LogP contribution in [0.1, 0.15) is 33.0 Å². The minimum Gasteiger partial charge on any atom is -0.364 e. The zero-order chi connectivity index (χ0) is 20.3. The minimum atomic E-state index is 0.112. The van der Waals surface area contributed by atoms with Crippen molar-refractivity contribution < 1.29 is 4.79 Å². The molecule has 0 saturated heterocycles. The van der Waals surface area contributed by atoms with Crippen LogP contribution in [-0.2, 0) is 0 Å².